The van der Waals surface area contributed by atoms with Crippen molar-refractivity contribution in [1.82, 2.24) is 5.32 Å². The molecule has 7 heteroatoms. The molecule has 0 radical (unpaired) electrons. The molecule has 0 unspecified atom stereocenters. The molecule has 1 aliphatic rings. The number of carbonyl (C=O) groups excluding carboxylic acids is 2. The Hall–Kier alpha value is -2.41. The van der Waals surface area contributed by atoms with Gasteiger partial charge in [-0.3, -0.25) is 10.1 Å². The first-order chi connectivity index (χ1) is 10.6. The summed E-state index contributed by atoms with van der Waals surface area (Å²) in [4.78, 5) is 23.0. The third kappa shape index (κ3) is 4.05. The van der Waals surface area contributed by atoms with Gasteiger partial charge in [-0.1, -0.05) is 31.2 Å². The average Bonchev–Trinajstić information content (AvgIpc) is 2.87. The number of rotatable bonds is 4. The number of amides is 1. The highest BCUT2D eigenvalue weighted by molar-refractivity contribution is 8.18. The first-order valence-corrected chi connectivity index (χ1v) is 7.43. The molecule has 114 valence electrons. The molecule has 0 bridgehead atoms. The molecule has 0 spiro atoms. The Labute approximate surface area is 132 Å². The Bertz CT molecular complexity index is 680. The Morgan fingerprint density at radius 1 is 1.41 bits per heavy atom. The molecule has 1 heterocycles. The average molecular weight is 317 g/mol. The monoisotopic (exact) mass is 317 g/mol. The molecule has 1 amide bonds. The Morgan fingerprint density at radius 3 is 2.91 bits per heavy atom. The number of hydrogen-bond donors (Lipinski definition) is 1. The van der Waals surface area contributed by atoms with Crippen LogP contribution in [0.15, 0.2) is 45.4 Å². The fraction of sp³-hybridized carbons (Fsp3) is 0.200. The second-order valence-electron chi connectivity index (χ2n) is 4.29. The summed E-state index contributed by atoms with van der Waals surface area (Å²) < 4.78 is 4.48. The van der Waals surface area contributed by atoms with E-state index in [-0.39, 0.29) is 4.91 Å². The van der Waals surface area contributed by atoms with Crippen molar-refractivity contribution in [2.45, 2.75) is 13.3 Å². The highest BCUT2D eigenvalue weighted by atomic mass is 32.2. The van der Waals surface area contributed by atoms with Crippen molar-refractivity contribution >= 4 is 35.0 Å². The number of esters is 1. The van der Waals surface area contributed by atoms with Gasteiger partial charge < -0.3 is 4.74 Å². The minimum atomic E-state index is -0.584. The van der Waals surface area contributed by atoms with Crippen LogP contribution in [-0.4, -0.2) is 30.4 Å². The van der Waals surface area contributed by atoms with E-state index in [2.05, 4.69) is 27.2 Å². The molecule has 1 aromatic carbocycles. The predicted molar refractivity (Wildman–Crippen MR) is 86.7 cm³/mol. The van der Waals surface area contributed by atoms with Crippen LogP contribution < -0.4 is 5.32 Å². The molecule has 22 heavy (non-hydrogen) atoms. The summed E-state index contributed by atoms with van der Waals surface area (Å²) in [5.74, 6) is -0.974. The molecule has 6 nitrogen and oxygen atoms in total. The predicted octanol–water partition coefficient (Wildman–Crippen LogP) is 1.86. The molecule has 1 fully saturated rings. The van der Waals surface area contributed by atoms with Crippen molar-refractivity contribution in [3.63, 3.8) is 0 Å². The van der Waals surface area contributed by atoms with E-state index in [4.69, 9.17) is 0 Å². The Kier molecular flexibility index (Phi) is 5.48. The van der Waals surface area contributed by atoms with Gasteiger partial charge in [0.2, 0.25) is 0 Å². The zero-order chi connectivity index (χ0) is 15.9. The van der Waals surface area contributed by atoms with E-state index in [0.29, 0.717) is 5.17 Å². The van der Waals surface area contributed by atoms with Gasteiger partial charge in [0.05, 0.1) is 18.2 Å². The molecule has 1 N–H and O–H groups in total. The fourth-order valence-electron chi connectivity index (χ4n) is 1.77. The minimum absolute atomic E-state index is 0.231. The molecular formula is C15H15N3O3S. The maximum atomic E-state index is 11.6. The van der Waals surface area contributed by atoms with Crippen LogP contribution in [0.2, 0.25) is 0 Å². The van der Waals surface area contributed by atoms with E-state index in [1.54, 1.807) is 6.21 Å². The van der Waals surface area contributed by atoms with Crippen LogP contribution in [0.4, 0.5) is 0 Å². The molecule has 2 rings (SSSR count). The van der Waals surface area contributed by atoms with E-state index in [1.165, 1.54) is 12.7 Å². The lowest BCUT2D eigenvalue weighted by Crippen LogP contribution is -2.19. The van der Waals surface area contributed by atoms with E-state index < -0.39 is 11.9 Å². The number of nitrogens with one attached hydrogen (secondary N) is 1. The quantitative estimate of drug-likeness (QED) is 0.398. The lowest BCUT2D eigenvalue weighted by molar-refractivity contribution is -0.135. The summed E-state index contributed by atoms with van der Waals surface area (Å²) in [6.07, 6.45) is 3.66. The topological polar surface area (TPSA) is 80.1 Å². The summed E-state index contributed by atoms with van der Waals surface area (Å²) in [7, 11) is 1.25. The molecule has 0 aromatic heterocycles. The van der Waals surface area contributed by atoms with Crippen molar-refractivity contribution in [2.75, 3.05) is 7.11 Å². The molecular weight excluding hydrogens is 302 g/mol. The van der Waals surface area contributed by atoms with E-state index in [0.717, 1.165) is 29.8 Å². The summed E-state index contributed by atoms with van der Waals surface area (Å²) in [6, 6.07) is 7.87. The maximum absolute atomic E-state index is 11.6. The van der Waals surface area contributed by atoms with Crippen molar-refractivity contribution < 1.29 is 14.3 Å². The lowest BCUT2D eigenvalue weighted by atomic mass is 10.1. The van der Waals surface area contributed by atoms with E-state index in [1.807, 2.05) is 24.3 Å². The summed E-state index contributed by atoms with van der Waals surface area (Å²) in [5, 5.41) is 10.8. The minimum Gasteiger partial charge on any atom is -0.466 e. The standard InChI is InChI=1S/C15H15N3O3S/c1-3-10-6-4-5-7-11(10)9-16-18-15-17-14(20)12(22-15)8-13(19)21-2/h4-9H,3H2,1-2H3,(H,17,18,20)/b12-8+,16-9?. The van der Waals surface area contributed by atoms with Gasteiger partial charge in [-0.05, 0) is 29.3 Å². The second-order valence-corrected chi connectivity index (χ2v) is 5.32. The van der Waals surface area contributed by atoms with Crippen LogP contribution in [0.5, 0.6) is 0 Å². The van der Waals surface area contributed by atoms with Crippen LogP contribution in [-0.2, 0) is 20.7 Å². The van der Waals surface area contributed by atoms with Gasteiger partial charge in [-0.2, -0.15) is 5.10 Å². The number of thioether (sulfide) groups is 1. The number of aryl methyl sites for hydroxylation is 1. The molecule has 0 aliphatic carbocycles. The third-order valence-corrected chi connectivity index (χ3v) is 3.78. The molecule has 1 aromatic rings. The zero-order valence-electron chi connectivity index (χ0n) is 12.2. The number of amidine groups is 1. The largest absolute Gasteiger partial charge is 0.466 e. The van der Waals surface area contributed by atoms with E-state index >= 15 is 0 Å². The number of benzene rings is 1. The van der Waals surface area contributed by atoms with Crippen molar-refractivity contribution in [1.29, 1.82) is 0 Å². The smallest absolute Gasteiger partial charge is 0.331 e. The number of methoxy groups -OCH3 is 1. The number of hydrogen-bond acceptors (Lipinski definition) is 6. The Balaban J connectivity index is 2.09. The molecule has 0 atom stereocenters. The Morgan fingerprint density at radius 2 is 2.18 bits per heavy atom. The first-order valence-electron chi connectivity index (χ1n) is 6.61. The van der Waals surface area contributed by atoms with Crippen molar-refractivity contribution in [3.8, 4) is 0 Å². The normalized spacial score (nSPS) is 18.2. The van der Waals surface area contributed by atoms with Crippen LogP contribution in [0, 0.1) is 0 Å². The lowest BCUT2D eigenvalue weighted by Gasteiger charge is -2.00. The van der Waals surface area contributed by atoms with Crippen molar-refractivity contribution in [3.05, 3.63) is 46.4 Å². The van der Waals surface area contributed by atoms with Crippen molar-refractivity contribution in [2.24, 2.45) is 10.2 Å². The molecule has 1 aliphatic heterocycles. The number of carbonyl (C=O) groups is 2. The molecule has 1 saturated heterocycles. The maximum Gasteiger partial charge on any atom is 0.331 e. The van der Waals surface area contributed by atoms with Crippen LogP contribution in [0.3, 0.4) is 0 Å². The zero-order valence-corrected chi connectivity index (χ0v) is 13.0. The fourth-order valence-corrected chi connectivity index (χ4v) is 2.51. The second kappa shape index (κ2) is 7.56. The van der Waals surface area contributed by atoms with Crippen LogP contribution in [0.25, 0.3) is 0 Å². The number of nitrogens with zero attached hydrogens (tertiary/aromatic N) is 2. The van der Waals surface area contributed by atoms with Gasteiger partial charge in [0, 0.05) is 6.08 Å². The van der Waals surface area contributed by atoms with E-state index in [9.17, 15) is 9.59 Å². The van der Waals surface area contributed by atoms with Crippen LogP contribution in [0.1, 0.15) is 18.1 Å². The third-order valence-electron chi connectivity index (χ3n) is 2.88. The van der Waals surface area contributed by atoms with Gasteiger partial charge in [-0.15, -0.1) is 5.10 Å². The number of ether oxygens (including phenoxy) is 1. The highest BCUT2D eigenvalue weighted by Crippen LogP contribution is 2.23. The van der Waals surface area contributed by atoms with Gasteiger partial charge in [0.25, 0.3) is 5.91 Å². The first kappa shape index (κ1) is 16.0. The molecule has 0 saturated carbocycles. The summed E-state index contributed by atoms with van der Waals surface area (Å²) in [6.45, 7) is 2.06. The summed E-state index contributed by atoms with van der Waals surface area (Å²) >= 11 is 1.04. The van der Waals surface area contributed by atoms with Gasteiger partial charge in [0.15, 0.2) is 5.17 Å². The SMILES string of the molecule is CCc1ccccc1C=N/N=C1/NC(=O)/C(=C\C(=O)OC)S1. The highest BCUT2D eigenvalue weighted by Gasteiger charge is 2.24. The van der Waals surface area contributed by atoms with Gasteiger partial charge in [0.1, 0.15) is 0 Å². The summed E-state index contributed by atoms with van der Waals surface area (Å²) in [5.41, 5.74) is 2.15. The van der Waals surface area contributed by atoms with Crippen LogP contribution >= 0.6 is 11.8 Å². The van der Waals surface area contributed by atoms with Gasteiger partial charge in [-0.25, -0.2) is 4.79 Å². The van der Waals surface area contributed by atoms with Gasteiger partial charge >= 0.3 is 5.97 Å².